The summed E-state index contributed by atoms with van der Waals surface area (Å²) in [6.45, 7) is 2.69. The van der Waals surface area contributed by atoms with E-state index in [1.165, 1.54) is 11.1 Å². The molecule has 0 amide bonds. The summed E-state index contributed by atoms with van der Waals surface area (Å²) in [4.78, 5) is 0. The minimum atomic E-state index is 0. The monoisotopic (exact) mass is 341 g/mol. The fourth-order valence-electron chi connectivity index (χ4n) is 1.62. The lowest BCUT2D eigenvalue weighted by Gasteiger charge is -2.08. The molecule has 0 spiro atoms. The molecule has 0 aliphatic heterocycles. The first kappa shape index (κ1) is 16.0. The van der Waals surface area contributed by atoms with Crippen LogP contribution in [-0.2, 0) is 0 Å². The van der Waals surface area contributed by atoms with Gasteiger partial charge in [0.05, 0.1) is 0 Å². The predicted molar refractivity (Wildman–Crippen MR) is 77.4 cm³/mol. The molecule has 2 rings (SSSR count). The molecule has 2 nitrogen and oxygen atoms in total. The van der Waals surface area contributed by atoms with Crippen molar-refractivity contribution in [3.05, 3.63) is 53.0 Å². The maximum absolute atomic E-state index is 5.61. The quantitative estimate of drug-likeness (QED) is 0.842. The first-order chi connectivity index (χ1) is 8.65. The SMILES string of the molecule is CC([NH3+])COc1ccc(-c2ccc(Br)cc2)cc1.[Cl-]. The van der Waals surface area contributed by atoms with Crippen LogP contribution in [0.1, 0.15) is 6.92 Å². The molecule has 2 aromatic carbocycles. The number of hydrogen-bond acceptors (Lipinski definition) is 1. The number of halogens is 2. The summed E-state index contributed by atoms with van der Waals surface area (Å²) in [6, 6.07) is 16.7. The molecule has 1 unspecified atom stereocenters. The zero-order chi connectivity index (χ0) is 13.0. The van der Waals surface area contributed by atoms with E-state index < -0.39 is 0 Å². The fraction of sp³-hybridized carbons (Fsp3) is 0.200. The van der Waals surface area contributed by atoms with Crippen molar-refractivity contribution in [1.29, 1.82) is 0 Å². The molecule has 1 atom stereocenters. The summed E-state index contributed by atoms with van der Waals surface area (Å²) in [7, 11) is 0. The van der Waals surface area contributed by atoms with Gasteiger partial charge in [-0.25, -0.2) is 0 Å². The van der Waals surface area contributed by atoms with Gasteiger partial charge in [0.15, 0.2) is 0 Å². The Balaban J connectivity index is 0.00000180. The van der Waals surface area contributed by atoms with Crippen molar-refractivity contribution >= 4 is 15.9 Å². The molecule has 0 aliphatic rings. The van der Waals surface area contributed by atoms with Crippen LogP contribution in [0.15, 0.2) is 53.0 Å². The van der Waals surface area contributed by atoms with E-state index in [2.05, 4.69) is 45.9 Å². The van der Waals surface area contributed by atoms with Crippen LogP contribution in [0.3, 0.4) is 0 Å². The molecule has 4 heteroatoms. The van der Waals surface area contributed by atoms with Crippen molar-refractivity contribution in [2.75, 3.05) is 6.61 Å². The predicted octanol–water partition coefficient (Wildman–Crippen LogP) is 0.129. The van der Waals surface area contributed by atoms with Gasteiger partial charge in [-0.1, -0.05) is 40.2 Å². The molecule has 3 N–H and O–H groups in total. The number of ether oxygens (including phenoxy) is 1. The van der Waals surface area contributed by atoms with E-state index in [4.69, 9.17) is 4.74 Å². The number of quaternary nitrogens is 1. The summed E-state index contributed by atoms with van der Waals surface area (Å²) >= 11 is 3.44. The molecule has 0 saturated carbocycles. The van der Waals surface area contributed by atoms with Gasteiger partial charge in [0.2, 0.25) is 0 Å². The minimum absolute atomic E-state index is 0. The first-order valence-electron chi connectivity index (χ1n) is 5.97. The molecule has 0 heterocycles. The van der Waals surface area contributed by atoms with Crippen molar-refractivity contribution < 1.29 is 22.9 Å². The molecule has 0 bridgehead atoms. The molecule has 0 aromatic heterocycles. The Morgan fingerprint density at radius 3 is 1.95 bits per heavy atom. The van der Waals surface area contributed by atoms with Crippen molar-refractivity contribution in [3.8, 4) is 16.9 Å². The van der Waals surface area contributed by atoms with Gasteiger partial charge < -0.3 is 22.9 Å². The summed E-state index contributed by atoms with van der Waals surface area (Å²) in [6.07, 6.45) is 0. The van der Waals surface area contributed by atoms with E-state index in [9.17, 15) is 0 Å². The molecule has 2 aromatic rings. The smallest absolute Gasteiger partial charge is 0.139 e. The van der Waals surface area contributed by atoms with E-state index in [1.807, 2.05) is 31.2 Å². The average Bonchev–Trinajstić information content (AvgIpc) is 2.38. The second kappa shape index (κ2) is 7.53. The highest BCUT2D eigenvalue weighted by Crippen LogP contribution is 2.24. The normalized spacial score (nSPS) is 11.5. The lowest BCUT2D eigenvalue weighted by molar-refractivity contribution is -0.417. The molecular formula is C15H17BrClNO. The molecular weight excluding hydrogens is 326 g/mol. The number of hydrogen-bond donors (Lipinski definition) is 1. The number of benzene rings is 2. The van der Waals surface area contributed by atoms with E-state index in [-0.39, 0.29) is 12.4 Å². The molecule has 0 aliphatic carbocycles. The summed E-state index contributed by atoms with van der Waals surface area (Å²) in [5, 5.41) is 0. The van der Waals surface area contributed by atoms with Crippen LogP contribution in [0, 0.1) is 0 Å². The molecule has 102 valence electrons. The summed E-state index contributed by atoms with van der Waals surface area (Å²) in [5.41, 5.74) is 6.29. The summed E-state index contributed by atoms with van der Waals surface area (Å²) < 4.78 is 6.70. The minimum Gasteiger partial charge on any atom is -1.00 e. The van der Waals surface area contributed by atoms with Crippen molar-refractivity contribution in [2.24, 2.45) is 0 Å². The second-order valence-corrected chi connectivity index (χ2v) is 5.36. The Morgan fingerprint density at radius 1 is 1.00 bits per heavy atom. The average molecular weight is 343 g/mol. The largest absolute Gasteiger partial charge is 1.00 e. The van der Waals surface area contributed by atoms with Crippen molar-refractivity contribution in [2.45, 2.75) is 13.0 Å². The fourth-order valence-corrected chi connectivity index (χ4v) is 1.89. The van der Waals surface area contributed by atoms with Crippen LogP contribution in [0.2, 0.25) is 0 Å². The molecule has 19 heavy (non-hydrogen) atoms. The molecule has 0 fully saturated rings. The maximum Gasteiger partial charge on any atom is 0.139 e. The zero-order valence-electron chi connectivity index (χ0n) is 10.8. The lowest BCUT2D eigenvalue weighted by atomic mass is 10.1. The van der Waals surface area contributed by atoms with Gasteiger partial charge in [0.25, 0.3) is 0 Å². The van der Waals surface area contributed by atoms with E-state index >= 15 is 0 Å². The van der Waals surface area contributed by atoms with Gasteiger partial charge in [0, 0.05) is 4.47 Å². The van der Waals surface area contributed by atoms with Gasteiger partial charge >= 0.3 is 0 Å². The van der Waals surface area contributed by atoms with E-state index in [1.54, 1.807) is 0 Å². The Morgan fingerprint density at radius 2 is 1.47 bits per heavy atom. The van der Waals surface area contributed by atoms with E-state index in [0.29, 0.717) is 12.6 Å². The lowest BCUT2D eigenvalue weighted by Crippen LogP contribution is -3.00. The third-order valence-corrected chi connectivity index (χ3v) is 3.10. The number of rotatable bonds is 4. The Bertz CT molecular complexity index is 497. The highest BCUT2D eigenvalue weighted by molar-refractivity contribution is 9.10. The van der Waals surface area contributed by atoms with Gasteiger partial charge in [-0.2, -0.15) is 0 Å². The van der Waals surface area contributed by atoms with Crippen LogP contribution >= 0.6 is 15.9 Å². The molecule has 0 radical (unpaired) electrons. The van der Waals surface area contributed by atoms with Crippen LogP contribution < -0.4 is 22.9 Å². The Kier molecular flexibility index (Phi) is 6.35. The topological polar surface area (TPSA) is 36.9 Å². The van der Waals surface area contributed by atoms with Crippen LogP contribution in [-0.4, -0.2) is 12.6 Å². The summed E-state index contributed by atoms with van der Waals surface area (Å²) in [5.74, 6) is 0.895. The first-order valence-corrected chi connectivity index (χ1v) is 6.76. The van der Waals surface area contributed by atoms with Crippen molar-refractivity contribution in [1.82, 2.24) is 0 Å². The van der Waals surface area contributed by atoms with E-state index in [0.717, 1.165) is 10.2 Å². The van der Waals surface area contributed by atoms with Crippen LogP contribution in [0.25, 0.3) is 11.1 Å². The Labute approximate surface area is 128 Å². The van der Waals surface area contributed by atoms with Gasteiger partial charge in [-0.15, -0.1) is 0 Å². The third kappa shape index (κ3) is 4.86. The third-order valence-electron chi connectivity index (χ3n) is 2.57. The van der Waals surface area contributed by atoms with Gasteiger partial charge in [-0.05, 0) is 42.3 Å². The van der Waals surface area contributed by atoms with Crippen LogP contribution in [0.4, 0.5) is 0 Å². The standard InChI is InChI=1S/C15H16BrNO.ClH/c1-11(17)10-18-15-8-4-13(5-9-15)12-2-6-14(16)7-3-12;/h2-9,11H,10,17H2,1H3;1H. The maximum atomic E-state index is 5.61. The highest BCUT2D eigenvalue weighted by Gasteiger charge is 2.01. The van der Waals surface area contributed by atoms with Crippen molar-refractivity contribution in [3.63, 3.8) is 0 Å². The Hall–Kier alpha value is -1.03. The zero-order valence-corrected chi connectivity index (χ0v) is 13.1. The molecule has 0 saturated heterocycles. The van der Waals surface area contributed by atoms with Crippen LogP contribution in [0.5, 0.6) is 5.75 Å². The second-order valence-electron chi connectivity index (χ2n) is 4.45. The van der Waals surface area contributed by atoms with Gasteiger partial charge in [0.1, 0.15) is 18.4 Å². The van der Waals surface area contributed by atoms with Gasteiger partial charge in [-0.3, -0.25) is 0 Å². The highest BCUT2D eigenvalue weighted by atomic mass is 79.9.